The normalized spacial score (nSPS) is 14.7. The van der Waals surface area contributed by atoms with Gasteiger partial charge >= 0.3 is 0 Å². The SMILES string of the molecule is CN(Cc1csc(Br)c1)c1nc(Cl)nc(N2CCCC2)n1. The summed E-state index contributed by atoms with van der Waals surface area (Å²) in [6, 6.07) is 2.10. The number of aromatic nitrogens is 3. The molecule has 1 aliphatic heterocycles. The Balaban J connectivity index is 1.80. The first-order valence-corrected chi connectivity index (χ1v) is 8.77. The Hall–Kier alpha value is -0.920. The monoisotopic (exact) mass is 387 g/mol. The number of thiophene rings is 1. The van der Waals surface area contributed by atoms with Crippen LogP contribution in [0.5, 0.6) is 0 Å². The van der Waals surface area contributed by atoms with Crippen molar-refractivity contribution in [2.45, 2.75) is 19.4 Å². The van der Waals surface area contributed by atoms with Gasteiger partial charge in [0.2, 0.25) is 17.2 Å². The molecule has 0 amide bonds. The minimum Gasteiger partial charge on any atom is -0.341 e. The van der Waals surface area contributed by atoms with Crippen LogP contribution in [0.3, 0.4) is 0 Å². The van der Waals surface area contributed by atoms with Crippen LogP contribution in [-0.4, -0.2) is 35.1 Å². The first-order valence-electron chi connectivity index (χ1n) is 6.72. The Labute approximate surface area is 141 Å². The van der Waals surface area contributed by atoms with E-state index in [9.17, 15) is 0 Å². The first kappa shape index (κ1) is 15.0. The Morgan fingerprint density at radius 2 is 2.10 bits per heavy atom. The molecule has 5 nitrogen and oxygen atoms in total. The summed E-state index contributed by atoms with van der Waals surface area (Å²) >= 11 is 11.2. The summed E-state index contributed by atoms with van der Waals surface area (Å²) in [5.74, 6) is 1.29. The zero-order valence-electron chi connectivity index (χ0n) is 11.6. The summed E-state index contributed by atoms with van der Waals surface area (Å²) in [6.45, 7) is 2.71. The molecule has 0 unspecified atom stereocenters. The van der Waals surface area contributed by atoms with Crippen molar-refractivity contribution in [2.24, 2.45) is 0 Å². The number of nitrogens with zero attached hydrogens (tertiary/aromatic N) is 5. The van der Waals surface area contributed by atoms with Crippen molar-refractivity contribution in [3.63, 3.8) is 0 Å². The average molecular weight is 389 g/mol. The van der Waals surface area contributed by atoms with Crippen molar-refractivity contribution in [3.05, 3.63) is 26.1 Å². The summed E-state index contributed by atoms with van der Waals surface area (Å²) in [7, 11) is 1.96. The molecule has 0 aromatic carbocycles. The second-order valence-electron chi connectivity index (χ2n) is 5.01. The van der Waals surface area contributed by atoms with Crippen LogP contribution in [0.4, 0.5) is 11.9 Å². The molecule has 8 heteroatoms. The molecule has 3 heterocycles. The van der Waals surface area contributed by atoms with Crippen LogP contribution < -0.4 is 9.80 Å². The van der Waals surface area contributed by atoms with Gasteiger partial charge in [0.15, 0.2) is 0 Å². The van der Waals surface area contributed by atoms with Crippen LogP contribution in [-0.2, 0) is 6.54 Å². The molecule has 0 bridgehead atoms. The Morgan fingerprint density at radius 3 is 2.76 bits per heavy atom. The van der Waals surface area contributed by atoms with Gasteiger partial charge in [-0.2, -0.15) is 15.0 Å². The van der Waals surface area contributed by atoms with E-state index >= 15 is 0 Å². The van der Waals surface area contributed by atoms with Crippen LogP contribution >= 0.6 is 38.9 Å². The number of anilines is 2. The lowest BCUT2D eigenvalue weighted by atomic mass is 10.3. The summed E-state index contributed by atoms with van der Waals surface area (Å²) < 4.78 is 1.12. The standard InChI is InChI=1S/C13H15BrClN5S/c1-19(7-9-6-10(14)21-8-9)12-16-11(15)17-13(18-12)20-4-2-3-5-20/h6,8H,2-5,7H2,1H3. The van der Waals surface area contributed by atoms with Gasteiger partial charge in [-0.1, -0.05) is 0 Å². The topological polar surface area (TPSA) is 45.2 Å². The van der Waals surface area contributed by atoms with Crippen molar-refractivity contribution < 1.29 is 0 Å². The molecular formula is C13H15BrClN5S. The van der Waals surface area contributed by atoms with Gasteiger partial charge in [0, 0.05) is 26.7 Å². The molecule has 0 aliphatic carbocycles. The van der Waals surface area contributed by atoms with Crippen LogP contribution in [0.1, 0.15) is 18.4 Å². The lowest BCUT2D eigenvalue weighted by Crippen LogP contribution is -2.24. The molecule has 1 fully saturated rings. The second-order valence-corrected chi connectivity index (χ2v) is 7.64. The smallest absolute Gasteiger partial charge is 0.231 e. The van der Waals surface area contributed by atoms with E-state index in [0.717, 1.165) is 23.4 Å². The van der Waals surface area contributed by atoms with Gasteiger partial charge in [0.05, 0.1) is 3.79 Å². The maximum atomic E-state index is 6.06. The zero-order chi connectivity index (χ0) is 14.8. The third-order valence-electron chi connectivity index (χ3n) is 3.36. The van der Waals surface area contributed by atoms with Crippen molar-refractivity contribution in [2.75, 3.05) is 29.9 Å². The summed E-state index contributed by atoms with van der Waals surface area (Å²) in [6.07, 6.45) is 2.36. The van der Waals surface area contributed by atoms with Gasteiger partial charge in [-0.25, -0.2) is 0 Å². The summed E-state index contributed by atoms with van der Waals surface area (Å²) in [5.41, 5.74) is 1.22. The lowest BCUT2D eigenvalue weighted by molar-refractivity contribution is 0.825. The molecule has 21 heavy (non-hydrogen) atoms. The highest BCUT2D eigenvalue weighted by Gasteiger charge is 2.18. The third kappa shape index (κ3) is 3.64. The molecule has 2 aromatic rings. The highest BCUT2D eigenvalue weighted by Crippen LogP contribution is 2.24. The van der Waals surface area contributed by atoms with Gasteiger partial charge in [0.25, 0.3) is 0 Å². The van der Waals surface area contributed by atoms with Crippen molar-refractivity contribution in [3.8, 4) is 0 Å². The van der Waals surface area contributed by atoms with Gasteiger partial charge in [-0.3, -0.25) is 0 Å². The molecule has 1 aliphatic rings. The summed E-state index contributed by atoms with van der Waals surface area (Å²) in [5, 5.41) is 2.37. The van der Waals surface area contributed by atoms with Crippen molar-refractivity contribution >= 4 is 50.8 Å². The van der Waals surface area contributed by atoms with E-state index in [1.54, 1.807) is 11.3 Å². The lowest BCUT2D eigenvalue weighted by Gasteiger charge is -2.20. The van der Waals surface area contributed by atoms with Gasteiger partial charge in [-0.05, 0) is 57.4 Å². The molecule has 1 saturated heterocycles. The Kier molecular flexibility index (Phi) is 4.61. The van der Waals surface area contributed by atoms with Crippen molar-refractivity contribution in [1.82, 2.24) is 15.0 Å². The fourth-order valence-corrected chi connectivity index (χ4v) is 3.68. The minimum atomic E-state index is 0.250. The summed E-state index contributed by atoms with van der Waals surface area (Å²) in [4.78, 5) is 17.2. The Bertz CT molecular complexity index is 629. The van der Waals surface area contributed by atoms with E-state index in [2.05, 4.69) is 47.2 Å². The molecule has 112 valence electrons. The quantitative estimate of drug-likeness (QED) is 0.801. The predicted octanol–water partition coefficient (Wildman–Crippen LogP) is 3.59. The molecule has 3 rings (SSSR count). The van der Waals surface area contributed by atoms with Gasteiger partial charge < -0.3 is 9.80 Å². The van der Waals surface area contributed by atoms with E-state index in [0.29, 0.717) is 11.9 Å². The molecule has 0 radical (unpaired) electrons. The highest BCUT2D eigenvalue weighted by molar-refractivity contribution is 9.11. The van der Waals surface area contributed by atoms with E-state index in [1.807, 2.05) is 11.9 Å². The van der Waals surface area contributed by atoms with E-state index in [4.69, 9.17) is 11.6 Å². The van der Waals surface area contributed by atoms with E-state index < -0.39 is 0 Å². The number of hydrogen-bond acceptors (Lipinski definition) is 6. The fourth-order valence-electron chi connectivity index (χ4n) is 2.33. The first-order chi connectivity index (χ1) is 10.1. The van der Waals surface area contributed by atoms with Crippen LogP contribution in [0.25, 0.3) is 0 Å². The van der Waals surface area contributed by atoms with Crippen LogP contribution in [0.15, 0.2) is 15.2 Å². The molecule has 0 spiro atoms. The largest absolute Gasteiger partial charge is 0.341 e. The zero-order valence-corrected chi connectivity index (χ0v) is 14.7. The Morgan fingerprint density at radius 1 is 1.33 bits per heavy atom. The highest BCUT2D eigenvalue weighted by atomic mass is 79.9. The molecule has 0 N–H and O–H groups in total. The second kappa shape index (κ2) is 6.46. The third-order valence-corrected chi connectivity index (χ3v) is 5.08. The van der Waals surface area contributed by atoms with Gasteiger partial charge in [-0.15, -0.1) is 11.3 Å². The van der Waals surface area contributed by atoms with Crippen LogP contribution in [0.2, 0.25) is 5.28 Å². The fraction of sp³-hybridized carbons (Fsp3) is 0.462. The maximum absolute atomic E-state index is 6.06. The molecule has 0 atom stereocenters. The molecule has 2 aromatic heterocycles. The molecular weight excluding hydrogens is 374 g/mol. The maximum Gasteiger partial charge on any atom is 0.231 e. The number of hydrogen-bond donors (Lipinski definition) is 0. The van der Waals surface area contributed by atoms with E-state index in [1.165, 1.54) is 18.4 Å². The minimum absolute atomic E-state index is 0.250. The average Bonchev–Trinajstić information content (AvgIpc) is 3.10. The van der Waals surface area contributed by atoms with E-state index in [-0.39, 0.29) is 5.28 Å². The predicted molar refractivity (Wildman–Crippen MR) is 90.4 cm³/mol. The van der Waals surface area contributed by atoms with Gasteiger partial charge in [0.1, 0.15) is 0 Å². The van der Waals surface area contributed by atoms with Crippen LogP contribution in [0, 0.1) is 0 Å². The number of rotatable bonds is 4. The molecule has 0 saturated carbocycles. The van der Waals surface area contributed by atoms with Crippen molar-refractivity contribution in [1.29, 1.82) is 0 Å². The number of halogens is 2.